The molecule has 0 amide bonds. The monoisotopic (exact) mass is 259 g/mol. The lowest BCUT2D eigenvalue weighted by atomic mass is 9.86. The van der Waals surface area contributed by atoms with Crippen LogP contribution in [0.5, 0.6) is 0 Å². The molecule has 0 spiro atoms. The summed E-state index contributed by atoms with van der Waals surface area (Å²) in [7, 11) is 0. The molecule has 0 bridgehead atoms. The minimum Gasteiger partial charge on any atom is -0.307 e. The lowest BCUT2D eigenvalue weighted by molar-refractivity contribution is 0.291. The van der Waals surface area contributed by atoms with E-state index in [0.717, 1.165) is 5.92 Å². The fourth-order valence-electron chi connectivity index (χ4n) is 3.74. The zero-order valence-electron chi connectivity index (χ0n) is 13.2. The van der Waals surface area contributed by atoms with Gasteiger partial charge < -0.3 is 5.32 Å². The lowest BCUT2D eigenvalue weighted by Crippen LogP contribution is -2.35. The quantitative estimate of drug-likeness (QED) is 0.819. The van der Waals surface area contributed by atoms with Crippen LogP contribution >= 0.6 is 0 Å². The van der Waals surface area contributed by atoms with E-state index in [0.29, 0.717) is 12.1 Å². The Morgan fingerprint density at radius 2 is 1.53 bits per heavy atom. The van der Waals surface area contributed by atoms with E-state index in [1.54, 1.807) is 0 Å². The molecule has 1 nitrogen and oxygen atoms in total. The molecule has 19 heavy (non-hydrogen) atoms. The van der Waals surface area contributed by atoms with Crippen molar-refractivity contribution in [2.45, 2.75) is 72.4 Å². The highest BCUT2D eigenvalue weighted by atomic mass is 14.9. The van der Waals surface area contributed by atoms with Crippen LogP contribution in [0.15, 0.2) is 12.1 Å². The van der Waals surface area contributed by atoms with Crippen LogP contribution in [0.3, 0.4) is 0 Å². The molecule has 1 heteroatoms. The highest BCUT2D eigenvalue weighted by Gasteiger charge is 2.21. The van der Waals surface area contributed by atoms with Crippen LogP contribution in [0.1, 0.15) is 67.8 Å². The minimum absolute atomic E-state index is 0.471. The normalized spacial score (nSPS) is 25.3. The Morgan fingerprint density at radius 3 is 2.05 bits per heavy atom. The molecule has 2 rings (SSSR count). The van der Waals surface area contributed by atoms with Crippen molar-refractivity contribution in [1.82, 2.24) is 5.32 Å². The topological polar surface area (TPSA) is 12.0 Å². The van der Waals surface area contributed by atoms with Gasteiger partial charge in [-0.25, -0.2) is 0 Å². The smallest absolute Gasteiger partial charge is 0.0299 e. The van der Waals surface area contributed by atoms with Crippen molar-refractivity contribution in [3.8, 4) is 0 Å². The SMILES string of the molecule is Cc1cc(C)c(C(C)NC2CCC(C)CC2)c(C)c1. The first kappa shape index (κ1) is 14.6. The van der Waals surface area contributed by atoms with Gasteiger partial charge in [-0.1, -0.05) is 24.6 Å². The second-order valence-electron chi connectivity index (χ2n) is 6.66. The van der Waals surface area contributed by atoms with E-state index in [9.17, 15) is 0 Å². The van der Waals surface area contributed by atoms with Gasteiger partial charge >= 0.3 is 0 Å². The lowest BCUT2D eigenvalue weighted by Gasteiger charge is -2.31. The van der Waals surface area contributed by atoms with E-state index in [-0.39, 0.29) is 0 Å². The van der Waals surface area contributed by atoms with E-state index in [4.69, 9.17) is 0 Å². The number of hydrogen-bond donors (Lipinski definition) is 1. The maximum Gasteiger partial charge on any atom is 0.0299 e. The Bertz CT molecular complexity index is 404. The molecule has 1 saturated carbocycles. The van der Waals surface area contributed by atoms with E-state index < -0.39 is 0 Å². The van der Waals surface area contributed by atoms with Crippen LogP contribution in [-0.2, 0) is 0 Å². The van der Waals surface area contributed by atoms with Gasteiger partial charge in [0.2, 0.25) is 0 Å². The maximum absolute atomic E-state index is 3.86. The highest BCUT2D eigenvalue weighted by molar-refractivity contribution is 5.39. The largest absolute Gasteiger partial charge is 0.307 e. The van der Waals surface area contributed by atoms with Gasteiger partial charge in [-0.05, 0) is 76.0 Å². The molecule has 1 aromatic carbocycles. The molecule has 0 radical (unpaired) electrons. The molecule has 1 aromatic rings. The van der Waals surface area contributed by atoms with Crippen molar-refractivity contribution in [3.63, 3.8) is 0 Å². The summed E-state index contributed by atoms with van der Waals surface area (Å²) in [6.07, 6.45) is 5.46. The van der Waals surface area contributed by atoms with E-state index in [1.165, 1.54) is 47.9 Å². The molecule has 1 fully saturated rings. The van der Waals surface area contributed by atoms with Crippen LogP contribution in [0.2, 0.25) is 0 Å². The molecule has 0 saturated heterocycles. The zero-order chi connectivity index (χ0) is 14.0. The standard InChI is InChI=1S/C18H29N/c1-12-6-8-17(9-7-12)19-16(5)18-14(3)10-13(2)11-15(18)4/h10-12,16-17,19H,6-9H2,1-5H3. The third-order valence-electron chi connectivity index (χ3n) is 4.67. The molecule has 1 unspecified atom stereocenters. The Hall–Kier alpha value is -0.820. The Balaban J connectivity index is 2.06. The molecule has 0 aromatic heterocycles. The second kappa shape index (κ2) is 6.09. The molecule has 0 heterocycles. The van der Waals surface area contributed by atoms with Crippen LogP contribution in [-0.4, -0.2) is 6.04 Å². The number of aryl methyl sites for hydroxylation is 3. The van der Waals surface area contributed by atoms with Crippen molar-refractivity contribution < 1.29 is 0 Å². The highest BCUT2D eigenvalue weighted by Crippen LogP contribution is 2.28. The van der Waals surface area contributed by atoms with Crippen LogP contribution in [0.4, 0.5) is 0 Å². The number of hydrogen-bond acceptors (Lipinski definition) is 1. The molecule has 1 aliphatic rings. The predicted octanol–water partition coefficient (Wildman–Crippen LogP) is 4.84. The van der Waals surface area contributed by atoms with Crippen LogP contribution < -0.4 is 5.32 Å². The summed E-state index contributed by atoms with van der Waals surface area (Å²) in [5, 5.41) is 3.86. The summed E-state index contributed by atoms with van der Waals surface area (Å²) in [6, 6.07) is 5.80. The van der Waals surface area contributed by atoms with E-state index >= 15 is 0 Å². The maximum atomic E-state index is 3.86. The van der Waals surface area contributed by atoms with Crippen molar-refractivity contribution in [3.05, 3.63) is 34.4 Å². The molecule has 106 valence electrons. The number of nitrogens with one attached hydrogen (secondary N) is 1. The van der Waals surface area contributed by atoms with Gasteiger partial charge in [0, 0.05) is 12.1 Å². The third-order valence-corrected chi connectivity index (χ3v) is 4.67. The van der Waals surface area contributed by atoms with E-state index in [1.807, 2.05) is 0 Å². The predicted molar refractivity (Wildman–Crippen MR) is 83.6 cm³/mol. The fourth-order valence-corrected chi connectivity index (χ4v) is 3.74. The van der Waals surface area contributed by atoms with Crippen molar-refractivity contribution >= 4 is 0 Å². The van der Waals surface area contributed by atoms with Gasteiger partial charge in [-0.3, -0.25) is 0 Å². The minimum atomic E-state index is 0.471. The Labute approximate surface area is 118 Å². The molecule has 0 aliphatic heterocycles. The third kappa shape index (κ3) is 3.60. The average Bonchev–Trinajstić information content (AvgIpc) is 2.30. The van der Waals surface area contributed by atoms with E-state index in [2.05, 4.69) is 52.1 Å². The van der Waals surface area contributed by atoms with Gasteiger partial charge in [0.1, 0.15) is 0 Å². The molecular formula is C18H29N. The fraction of sp³-hybridized carbons (Fsp3) is 0.667. The first-order valence-corrected chi connectivity index (χ1v) is 7.81. The van der Waals surface area contributed by atoms with Gasteiger partial charge in [0.25, 0.3) is 0 Å². The van der Waals surface area contributed by atoms with Crippen molar-refractivity contribution in [2.24, 2.45) is 5.92 Å². The second-order valence-corrected chi connectivity index (χ2v) is 6.66. The Morgan fingerprint density at radius 1 is 1.00 bits per heavy atom. The summed E-state index contributed by atoms with van der Waals surface area (Å²) in [4.78, 5) is 0. The van der Waals surface area contributed by atoms with Gasteiger partial charge in [-0.15, -0.1) is 0 Å². The Kier molecular flexibility index (Phi) is 4.67. The summed E-state index contributed by atoms with van der Waals surface area (Å²) >= 11 is 0. The molecule has 1 aliphatic carbocycles. The zero-order valence-corrected chi connectivity index (χ0v) is 13.2. The number of benzene rings is 1. The molecule has 1 atom stereocenters. The number of rotatable bonds is 3. The molecule has 1 N–H and O–H groups in total. The average molecular weight is 259 g/mol. The first-order valence-electron chi connectivity index (χ1n) is 7.81. The van der Waals surface area contributed by atoms with Crippen molar-refractivity contribution in [2.75, 3.05) is 0 Å². The molecular weight excluding hydrogens is 230 g/mol. The van der Waals surface area contributed by atoms with Gasteiger partial charge in [-0.2, -0.15) is 0 Å². The van der Waals surface area contributed by atoms with Gasteiger partial charge in [0.15, 0.2) is 0 Å². The van der Waals surface area contributed by atoms with Gasteiger partial charge in [0.05, 0.1) is 0 Å². The summed E-state index contributed by atoms with van der Waals surface area (Å²) in [5.74, 6) is 0.927. The summed E-state index contributed by atoms with van der Waals surface area (Å²) in [5.41, 5.74) is 5.74. The van der Waals surface area contributed by atoms with Crippen LogP contribution in [0, 0.1) is 26.7 Å². The van der Waals surface area contributed by atoms with Crippen molar-refractivity contribution in [1.29, 1.82) is 0 Å². The van der Waals surface area contributed by atoms with Crippen LogP contribution in [0.25, 0.3) is 0 Å². The summed E-state index contributed by atoms with van der Waals surface area (Å²) in [6.45, 7) is 11.4. The first-order chi connectivity index (χ1) is 8.97. The summed E-state index contributed by atoms with van der Waals surface area (Å²) < 4.78 is 0.